The fourth-order valence-corrected chi connectivity index (χ4v) is 3.21. The molecule has 2 amide bonds. The maximum absolute atomic E-state index is 12.7. The summed E-state index contributed by atoms with van der Waals surface area (Å²) in [6.07, 6.45) is 1.26. The second kappa shape index (κ2) is 6.97. The standard InChI is InChI=1S/C20H22N2O3/c1-3-19(24)22-10-9-15-12-16(7-8-18(15)22)20(25)21(2)13-14-5-4-6-17(23)11-14/h4-8,11-12,23H,3,9-10,13H2,1-2H3. The number of hydrogen-bond donors (Lipinski definition) is 1. The van der Waals surface area contributed by atoms with E-state index in [4.69, 9.17) is 0 Å². The average Bonchev–Trinajstić information content (AvgIpc) is 3.03. The van der Waals surface area contributed by atoms with Crippen LogP contribution in [0.5, 0.6) is 5.75 Å². The highest BCUT2D eigenvalue weighted by Crippen LogP contribution is 2.29. The van der Waals surface area contributed by atoms with Crippen LogP contribution in [0.1, 0.15) is 34.8 Å². The Hall–Kier alpha value is -2.82. The molecule has 0 atom stereocenters. The molecule has 5 nitrogen and oxygen atoms in total. The number of hydrogen-bond acceptors (Lipinski definition) is 3. The van der Waals surface area contributed by atoms with Crippen LogP contribution in [0.4, 0.5) is 5.69 Å². The minimum Gasteiger partial charge on any atom is -0.508 e. The van der Waals surface area contributed by atoms with E-state index in [0.29, 0.717) is 25.1 Å². The Morgan fingerprint density at radius 3 is 2.72 bits per heavy atom. The number of phenolic OH excluding ortho intramolecular Hbond substituents is 1. The molecule has 0 aliphatic carbocycles. The zero-order valence-electron chi connectivity index (χ0n) is 14.5. The molecule has 1 N–H and O–H groups in total. The topological polar surface area (TPSA) is 60.9 Å². The fourth-order valence-electron chi connectivity index (χ4n) is 3.21. The van der Waals surface area contributed by atoms with E-state index in [2.05, 4.69) is 0 Å². The number of amides is 2. The van der Waals surface area contributed by atoms with Crippen molar-refractivity contribution in [1.82, 2.24) is 4.90 Å². The van der Waals surface area contributed by atoms with Crippen molar-refractivity contribution < 1.29 is 14.7 Å². The SMILES string of the molecule is CCC(=O)N1CCc2cc(C(=O)N(C)Cc3cccc(O)c3)ccc21. The van der Waals surface area contributed by atoms with E-state index >= 15 is 0 Å². The number of aromatic hydroxyl groups is 1. The van der Waals surface area contributed by atoms with Gasteiger partial charge >= 0.3 is 0 Å². The number of rotatable bonds is 4. The molecule has 0 radical (unpaired) electrons. The van der Waals surface area contributed by atoms with Crippen LogP contribution in [0.15, 0.2) is 42.5 Å². The first-order valence-corrected chi connectivity index (χ1v) is 8.46. The summed E-state index contributed by atoms with van der Waals surface area (Å²) in [5.74, 6) is 0.224. The summed E-state index contributed by atoms with van der Waals surface area (Å²) in [4.78, 5) is 28.1. The molecule has 2 aromatic carbocycles. The van der Waals surface area contributed by atoms with E-state index in [1.807, 2.05) is 25.1 Å². The minimum absolute atomic E-state index is 0.0774. The van der Waals surface area contributed by atoms with Gasteiger partial charge in [0.2, 0.25) is 5.91 Å². The fraction of sp³-hybridized carbons (Fsp3) is 0.300. The van der Waals surface area contributed by atoms with Crippen molar-refractivity contribution in [3.8, 4) is 5.75 Å². The van der Waals surface area contributed by atoms with Crippen molar-refractivity contribution in [3.05, 3.63) is 59.2 Å². The third-order valence-corrected chi connectivity index (χ3v) is 4.50. The van der Waals surface area contributed by atoms with Gasteiger partial charge in [-0.3, -0.25) is 9.59 Å². The molecule has 1 aliphatic rings. The minimum atomic E-state index is -0.0774. The Morgan fingerprint density at radius 2 is 2.00 bits per heavy atom. The lowest BCUT2D eigenvalue weighted by Crippen LogP contribution is -2.28. The van der Waals surface area contributed by atoms with Crippen molar-refractivity contribution in [2.75, 3.05) is 18.5 Å². The molecule has 25 heavy (non-hydrogen) atoms. The highest BCUT2D eigenvalue weighted by molar-refractivity contribution is 5.98. The predicted molar refractivity (Wildman–Crippen MR) is 96.7 cm³/mol. The lowest BCUT2D eigenvalue weighted by Gasteiger charge is -2.19. The second-order valence-corrected chi connectivity index (χ2v) is 6.32. The normalized spacial score (nSPS) is 12.8. The van der Waals surface area contributed by atoms with Crippen molar-refractivity contribution in [1.29, 1.82) is 0 Å². The van der Waals surface area contributed by atoms with E-state index in [9.17, 15) is 14.7 Å². The molecule has 0 unspecified atom stereocenters. The molecule has 0 bridgehead atoms. The van der Waals surface area contributed by atoms with Gasteiger partial charge in [0.05, 0.1) is 0 Å². The molecular weight excluding hydrogens is 316 g/mol. The van der Waals surface area contributed by atoms with Gasteiger partial charge in [-0.2, -0.15) is 0 Å². The molecular formula is C20H22N2O3. The van der Waals surface area contributed by atoms with E-state index in [0.717, 1.165) is 23.2 Å². The van der Waals surface area contributed by atoms with Crippen LogP contribution in [0.3, 0.4) is 0 Å². The summed E-state index contributed by atoms with van der Waals surface area (Å²) in [7, 11) is 1.74. The van der Waals surface area contributed by atoms with Crippen molar-refractivity contribution >= 4 is 17.5 Å². The number of phenols is 1. The first-order chi connectivity index (χ1) is 12.0. The van der Waals surface area contributed by atoms with E-state index in [1.165, 1.54) is 0 Å². The number of nitrogens with zero attached hydrogens (tertiary/aromatic N) is 2. The van der Waals surface area contributed by atoms with E-state index < -0.39 is 0 Å². The van der Waals surface area contributed by atoms with Gasteiger partial charge in [0, 0.05) is 37.8 Å². The van der Waals surface area contributed by atoms with Gasteiger partial charge in [-0.05, 0) is 47.9 Å². The summed E-state index contributed by atoms with van der Waals surface area (Å²) < 4.78 is 0. The Labute approximate surface area is 147 Å². The third kappa shape index (κ3) is 3.50. The molecule has 2 aromatic rings. The van der Waals surface area contributed by atoms with Gasteiger partial charge < -0.3 is 14.9 Å². The van der Waals surface area contributed by atoms with Gasteiger partial charge in [0.15, 0.2) is 0 Å². The van der Waals surface area contributed by atoms with Crippen LogP contribution in [0.2, 0.25) is 0 Å². The lowest BCUT2D eigenvalue weighted by molar-refractivity contribution is -0.118. The van der Waals surface area contributed by atoms with Crippen LogP contribution in [0.25, 0.3) is 0 Å². The van der Waals surface area contributed by atoms with Gasteiger partial charge in [-0.1, -0.05) is 19.1 Å². The maximum Gasteiger partial charge on any atom is 0.253 e. The Bertz CT molecular complexity index is 816. The first-order valence-electron chi connectivity index (χ1n) is 8.46. The second-order valence-electron chi connectivity index (χ2n) is 6.32. The average molecular weight is 338 g/mol. The van der Waals surface area contributed by atoms with E-state index in [1.54, 1.807) is 41.1 Å². The smallest absolute Gasteiger partial charge is 0.253 e. The summed E-state index contributed by atoms with van der Waals surface area (Å²) in [6.45, 7) is 2.96. The van der Waals surface area contributed by atoms with Crippen LogP contribution >= 0.6 is 0 Å². The Kier molecular flexibility index (Phi) is 4.74. The van der Waals surface area contributed by atoms with Gasteiger partial charge in [0.25, 0.3) is 5.91 Å². The molecule has 0 saturated heterocycles. The number of carbonyl (C=O) groups excluding carboxylic acids is 2. The summed E-state index contributed by atoms with van der Waals surface area (Å²) >= 11 is 0. The number of carbonyl (C=O) groups is 2. The molecule has 3 rings (SSSR count). The molecule has 130 valence electrons. The lowest BCUT2D eigenvalue weighted by atomic mass is 10.1. The van der Waals surface area contributed by atoms with Crippen molar-refractivity contribution in [2.45, 2.75) is 26.3 Å². The number of benzene rings is 2. The van der Waals surface area contributed by atoms with Crippen molar-refractivity contribution in [2.24, 2.45) is 0 Å². The Balaban J connectivity index is 1.76. The third-order valence-electron chi connectivity index (χ3n) is 4.50. The van der Waals surface area contributed by atoms with Gasteiger partial charge in [-0.15, -0.1) is 0 Å². The highest BCUT2D eigenvalue weighted by atomic mass is 16.3. The molecule has 0 spiro atoms. The zero-order valence-corrected chi connectivity index (χ0v) is 14.5. The molecule has 1 heterocycles. The van der Waals surface area contributed by atoms with E-state index in [-0.39, 0.29) is 17.6 Å². The van der Waals surface area contributed by atoms with Crippen LogP contribution in [0, 0.1) is 0 Å². The molecule has 0 saturated carbocycles. The molecule has 0 fully saturated rings. The predicted octanol–water partition coefficient (Wildman–Crippen LogP) is 2.96. The monoisotopic (exact) mass is 338 g/mol. The number of fused-ring (bicyclic) bond motifs is 1. The zero-order chi connectivity index (χ0) is 18.0. The molecule has 0 aromatic heterocycles. The van der Waals surface area contributed by atoms with Crippen LogP contribution < -0.4 is 4.90 Å². The highest BCUT2D eigenvalue weighted by Gasteiger charge is 2.25. The number of anilines is 1. The Morgan fingerprint density at radius 1 is 1.20 bits per heavy atom. The molecule has 5 heteroatoms. The summed E-state index contributed by atoms with van der Waals surface area (Å²) in [5, 5.41) is 9.54. The van der Waals surface area contributed by atoms with Crippen LogP contribution in [-0.4, -0.2) is 35.4 Å². The first kappa shape index (κ1) is 17.0. The van der Waals surface area contributed by atoms with Gasteiger partial charge in [0.1, 0.15) is 5.75 Å². The maximum atomic E-state index is 12.7. The summed E-state index contributed by atoms with van der Waals surface area (Å²) in [5.41, 5.74) is 3.45. The quantitative estimate of drug-likeness (QED) is 0.932. The summed E-state index contributed by atoms with van der Waals surface area (Å²) in [6, 6.07) is 12.4. The van der Waals surface area contributed by atoms with Crippen molar-refractivity contribution in [3.63, 3.8) is 0 Å². The molecule has 1 aliphatic heterocycles. The van der Waals surface area contributed by atoms with Crippen LogP contribution in [-0.2, 0) is 17.8 Å². The largest absolute Gasteiger partial charge is 0.508 e. The van der Waals surface area contributed by atoms with Gasteiger partial charge in [-0.25, -0.2) is 0 Å².